The molecule has 0 spiro atoms. The van der Waals surface area contributed by atoms with Crippen molar-refractivity contribution in [1.29, 1.82) is 0 Å². The lowest BCUT2D eigenvalue weighted by Gasteiger charge is -2.26. The van der Waals surface area contributed by atoms with Crippen LogP contribution in [0.2, 0.25) is 0 Å². The van der Waals surface area contributed by atoms with Crippen LogP contribution in [0.3, 0.4) is 0 Å². The van der Waals surface area contributed by atoms with Gasteiger partial charge in [0.2, 0.25) is 0 Å². The summed E-state index contributed by atoms with van der Waals surface area (Å²) in [5.41, 5.74) is 3.04. The molecule has 1 fully saturated rings. The van der Waals surface area contributed by atoms with Crippen molar-refractivity contribution in [2.75, 3.05) is 14.2 Å². The smallest absolute Gasteiger partial charge is 0.161 e. The van der Waals surface area contributed by atoms with Gasteiger partial charge in [-0.15, -0.1) is 0 Å². The van der Waals surface area contributed by atoms with Crippen LogP contribution < -0.4 is 9.47 Å². The molecule has 1 aromatic rings. The standard InChI is InChI=1S/C20H26O3/c1-14(18(15(2)21)12-16-6-5-7-16)8-9-17-10-11-19(22-3)20(13-17)23-4/h8-11,13,16H,5-7,12H2,1-4H3/b9-8+,18-14+. The highest BCUT2D eigenvalue weighted by molar-refractivity contribution is 5.94. The highest BCUT2D eigenvalue weighted by Gasteiger charge is 2.21. The maximum absolute atomic E-state index is 11.9. The van der Waals surface area contributed by atoms with Crippen LogP contribution in [0, 0.1) is 5.92 Å². The Kier molecular flexibility index (Phi) is 6.03. The van der Waals surface area contributed by atoms with Gasteiger partial charge in [-0.1, -0.05) is 37.5 Å². The zero-order chi connectivity index (χ0) is 16.8. The third-order valence-corrected chi connectivity index (χ3v) is 4.55. The molecule has 0 saturated heterocycles. The Morgan fingerprint density at radius 3 is 2.39 bits per heavy atom. The van der Waals surface area contributed by atoms with Crippen molar-refractivity contribution in [3.63, 3.8) is 0 Å². The lowest BCUT2D eigenvalue weighted by Crippen LogP contribution is -2.14. The largest absolute Gasteiger partial charge is 0.493 e. The molecule has 1 saturated carbocycles. The van der Waals surface area contributed by atoms with Crippen molar-refractivity contribution >= 4 is 11.9 Å². The lowest BCUT2D eigenvalue weighted by atomic mass is 9.79. The normalized spacial score (nSPS) is 16.0. The highest BCUT2D eigenvalue weighted by Crippen LogP contribution is 2.33. The average Bonchev–Trinajstić information content (AvgIpc) is 2.50. The van der Waals surface area contributed by atoms with E-state index < -0.39 is 0 Å². The number of carbonyl (C=O) groups excluding carboxylic acids is 1. The van der Waals surface area contributed by atoms with Gasteiger partial charge in [0.1, 0.15) is 0 Å². The fourth-order valence-electron chi connectivity index (χ4n) is 2.85. The fraction of sp³-hybridized carbons (Fsp3) is 0.450. The van der Waals surface area contributed by atoms with Crippen molar-refractivity contribution < 1.29 is 14.3 Å². The SMILES string of the molecule is COc1ccc(/C=C/C(C)=C(\CC2CCC2)C(C)=O)cc1OC. The predicted molar refractivity (Wildman–Crippen MR) is 93.9 cm³/mol. The van der Waals surface area contributed by atoms with Crippen LogP contribution in [0.1, 0.15) is 45.1 Å². The molecular formula is C20H26O3. The molecule has 1 aliphatic rings. The molecule has 23 heavy (non-hydrogen) atoms. The molecule has 0 aliphatic heterocycles. The number of Topliss-reactive ketones (excluding diaryl/α,β-unsaturated/α-hetero) is 1. The molecule has 0 radical (unpaired) electrons. The van der Waals surface area contributed by atoms with Crippen LogP contribution >= 0.6 is 0 Å². The van der Waals surface area contributed by atoms with E-state index in [2.05, 4.69) is 0 Å². The quantitative estimate of drug-likeness (QED) is 0.535. The van der Waals surface area contributed by atoms with Crippen LogP contribution in [0.4, 0.5) is 0 Å². The topological polar surface area (TPSA) is 35.5 Å². The van der Waals surface area contributed by atoms with E-state index in [4.69, 9.17) is 9.47 Å². The van der Waals surface area contributed by atoms with E-state index in [0.29, 0.717) is 17.4 Å². The molecule has 0 amide bonds. The van der Waals surface area contributed by atoms with Gasteiger partial charge in [0.25, 0.3) is 0 Å². The molecule has 3 nitrogen and oxygen atoms in total. The summed E-state index contributed by atoms with van der Waals surface area (Å²) in [6.07, 6.45) is 8.76. The Morgan fingerprint density at radius 2 is 1.87 bits per heavy atom. The minimum atomic E-state index is 0.186. The number of benzene rings is 1. The summed E-state index contributed by atoms with van der Waals surface area (Å²) >= 11 is 0. The third-order valence-electron chi connectivity index (χ3n) is 4.55. The van der Waals surface area contributed by atoms with Gasteiger partial charge in [0.05, 0.1) is 14.2 Å². The Morgan fingerprint density at radius 1 is 1.17 bits per heavy atom. The van der Waals surface area contributed by atoms with E-state index in [1.54, 1.807) is 21.1 Å². The summed E-state index contributed by atoms with van der Waals surface area (Å²) in [5, 5.41) is 0. The first-order valence-electron chi connectivity index (χ1n) is 8.16. The third kappa shape index (κ3) is 4.47. The average molecular weight is 314 g/mol. The predicted octanol–water partition coefficient (Wildman–Crippen LogP) is 4.81. The van der Waals surface area contributed by atoms with Gasteiger partial charge in [0.15, 0.2) is 17.3 Å². The molecule has 1 aliphatic carbocycles. The van der Waals surface area contributed by atoms with Gasteiger partial charge in [-0.25, -0.2) is 0 Å². The van der Waals surface area contributed by atoms with Gasteiger partial charge in [-0.05, 0) is 55.0 Å². The number of rotatable bonds is 7. The first-order valence-corrected chi connectivity index (χ1v) is 8.16. The Balaban J connectivity index is 2.18. The molecule has 0 bridgehead atoms. The number of hydrogen-bond donors (Lipinski definition) is 0. The van der Waals surface area contributed by atoms with Crippen LogP contribution in [-0.4, -0.2) is 20.0 Å². The van der Waals surface area contributed by atoms with Crippen molar-refractivity contribution in [3.05, 3.63) is 41.0 Å². The van der Waals surface area contributed by atoms with Crippen LogP contribution in [0.5, 0.6) is 11.5 Å². The zero-order valence-electron chi connectivity index (χ0n) is 14.5. The van der Waals surface area contributed by atoms with E-state index in [9.17, 15) is 4.79 Å². The second kappa shape index (κ2) is 8.00. The van der Waals surface area contributed by atoms with Gasteiger partial charge >= 0.3 is 0 Å². The first kappa shape index (κ1) is 17.3. The van der Waals surface area contributed by atoms with Crippen molar-refractivity contribution in [2.24, 2.45) is 5.92 Å². The maximum atomic E-state index is 11.9. The number of ketones is 1. The van der Waals surface area contributed by atoms with Gasteiger partial charge < -0.3 is 9.47 Å². The maximum Gasteiger partial charge on any atom is 0.161 e. The first-order chi connectivity index (χ1) is 11.0. The molecule has 0 N–H and O–H groups in total. The summed E-state index contributed by atoms with van der Waals surface area (Å²) in [6, 6.07) is 5.80. The van der Waals surface area contributed by atoms with Gasteiger partial charge in [-0.3, -0.25) is 4.79 Å². The van der Waals surface area contributed by atoms with Crippen molar-refractivity contribution in [3.8, 4) is 11.5 Å². The molecule has 0 aromatic heterocycles. The lowest BCUT2D eigenvalue weighted by molar-refractivity contribution is -0.113. The van der Waals surface area contributed by atoms with Gasteiger partial charge in [0, 0.05) is 0 Å². The summed E-state index contributed by atoms with van der Waals surface area (Å²) in [4.78, 5) is 11.9. The Labute approximate surface area is 139 Å². The minimum absolute atomic E-state index is 0.186. The summed E-state index contributed by atoms with van der Waals surface area (Å²) in [5.74, 6) is 2.30. The minimum Gasteiger partial charge on any atom is -0.493 e. The molecule has 0 heterocycles. The number of methoxy groups -OCH3 is 2. The Hall–Kier alpha value is -2.03. The summed E-state index contributed by atoms with van der Waals surface area (Å²) in [6.45, 7) is 3.69. The number of ether oxygens (including phenoxy) is 2. The van der Waals surface area contributed by atoms with E-state index in [0.717, 1.165) is 23.1 Å². The van der Waals surface area contributed by atoms with Crippen LogP contribution in [0.25, 0.3) is 6.08 Å². The molecule has 3 heteroatoms. The van der Waals surface area contributed by atoms with Crippen molar-refractivity contribution in [1.82, 2.24) is 0 Å². The zero-order valence-corrected chi connectivity index (χ0v) is 14.5. The van der Waals surface area contributed by atoms with Crippen LogP contribution in [0.15, 0.2) is 35.4 Å². The van der Waals surface area contributed by atoms with E-state index in [1.165, 1.54) is 19.3 Å². The summed E-state index contributed by atoms with van der Waals surface area (Å²) in [7, 11) is 3.25. The van der Waals surface area contributed by atoms with E-state index in [1.807, 2.05) is 37.3 Å². The molecule has 0 unspecified atom stereocenters. The van der Waals surface area contributed by atoms with Crippen molar-refractivity contribution in [2.45, 2.75) is 39.5 Å². The molecular weight excluding hydrogens is 288 g/mol. The second-order valence-corrected chi connectivity index (χ2v) is 6.17. The Bertz CT molecular complexity index is 622. The molecule has 124 valence electrons. The monoisotopic (exact) mass is 314 g/mol. The van der Waals surface area contributed by atoms with Crippen LogP contribution in [-0.2, 0) is 4.79 Å². The highest BCUT2D eigenvalue weighted by atomic mass is 16.5. The summed E-state index contributed by atoms with van der Waals surface area (Å²) < 4.78 is 10.6. The molecule has 0 atom stereocenters. The fourth-order valence-corrected chi connectivity index (χ4v) is 2.85. The molecule has 1 aromatic carbocycles. The second-order valence-electron chi connectivity index (χ2n) is 6.17. The van der Waals surface area contributed by atoms with E-state index >= 15 is 0 Å². The van der Waals surface area contributed by atoms with E-state index in [-0.39, 0.29) is 5.78 Å². The van der Waals surface area contributed by atoms with Gasteiger partial charge in [-0.2, -0.15) is 0 Å². The number of allylic oxidation sites excluding steroid dienone is 3. The number of carbonyl (C=O) groups is 1. The molecule has 2 rings (SSSR count). The number of hydrogen-bond acceptors (Lipinski definition) is 3.